The number of rotatable bonds is 36. The minimum absolute atomic E-state index is 0.0256. The molecule has 0 rings (SSSR count). The standard InChI is InChI=1S/C45H72NO9P/c1-3-5-7-9-11-12-13-14-15-16-17-18-19-20-25-29-33-37-45(49)55-43(41-54-56(50,51)53-39-38-46)40-52-44(48)36-32-28-24-22-21-23-27-31-35-42(47)34-30-26-10-8-6-4-2/h5-8,11-12,14-15,17-18,22-24,26-27,30-31,35,42-43,47H,3-4,9-10,13,16,19-21,25,28-29,32-34,36-41,46H2,1-2H3,(H,50,51)/b7-5-,8-6-,12-11-,15-14-,18-17-,24-22-,27-23-,30-26-,35-31+/t42?,43-/m1/s1. The molecule has 56 heavy (non-hydrogen) atoms. The van der Waals surface area contributed by atoms with E-state index in [1.54, 1.807) is 6.08 Å². The van der Waals surface area contributed by atoms with Crippen molar-refractivity contribution < 1.29 is 42.7 Å². The molecule has 4 N–H and O–H groups in total. The van der Waals surface area contributed by atoms with E-state index in [2.05, 4.69) is 74.6 Å². The van der Waals surface area contributed by atoms with Crippen LogP contribution in [0.1, 0.15) is 123 Å². The summed E-state index contributed by atoms with van der Waals surface area (Å²) >= 11 is 0. The molecule has 0 aliphatic rings. The number of ether oxygens (including phenoxy) is 2. The van der Waals surface area contributed by atoms with Gasteiger partial charge in [-0.3, -0.25) is 18.6 Å². The molecule has 0 heterocycles. The maximum absolute atomic E-state index is 12.6. The highest BCUT2D eigenvalue weighted by atomic mass is 31.2. The summed E-state index contributed by atoms with van der Waals surface area (Å²) in [5.41, 5.74) is 5.33. The van der Waals surface area contributed by atoms with E-state index < -0.39 is 38.6 Å². The lowest BCUT2D eigenvalue weighted by Crippen LogP contribution is -2.29. The maximum atomic E-state index is 12.6. The van der Waals surface area contributed by atoms with Crippen molar-refractivity contribution in [2.75, 3.05) is 26.4 Å². The maximum Gasteiger partial charge on any atom is 0.472 e. The minimum Gasteiger partial charge on any atom is -0.462 e. The molecule has 0 aromatic heterocycles. The Kier molecular flexibility index (Phi) is 37.5. The highest BCUT2D eigenvalue weighted by Crippen LogP contribution is 2.43. The summed E-state index contributed by atoms with van der Waals surface area (Å²) in [6.07, 6.45) is 48.7. The van der Waals surface area contributed by atoms with Gasteiger partial charge in [-0.1, -0.05) is 136 Å². The van der Waals surface area contributed by atoms with E-state index in [1.807, 2.05) is 42.5 Å². The smallest absolute Gasteiger partial charge is 0.462 e. The first-order chi connectivity index (χ1) is 27.2. The van der Waals surface area contributed by atoms with Gasteiger partial charge >= 0.3 is 19.8 Å². The molecule has 3 atom stereocenters. The van der Waals surface area contributed by atoms with Gasteiger partial charge in [0, 0.05) is 19.4 Å². The monoisotopic (exact) mass is 801 g/mol. The lowest BCUT2D eigenvalue weighted by molar-refractivity contribution is -0.161. The third-order valence-corrected chi connectivity index (χ3v) is 8.72. The number of hydrogen-bond acceptors (Lipinski definition) is 9. The molecule has 2 unspecified atom stereocenters. The SMILES string of the molecule is CC/C=C\C/C=C\C/C=C\C/C=C\CCCCCCC(=O)O[C@H](COC(=O)CCC/C=C\C/C=C\C=C\C(O)C/C=C\C/C=C\CC)COP(=O)(O)OCCN. The van der Waals surface area contributed by atoms with Crippen molar-refractivity contribution >= 4 is 19.8 Å². The van der Waals surface area contributed by atoms with Crippen LogP contribution in [0.3, 0.4) is 0 Å². The van der Waals surface area contributed by atoms with E-state index in [0.717, 1.165) is 70.6 Å². The molecule has 10 nitrogen and oxygen atoms in total. The second kappa shape index (κ2) is 39.8. The van der Waals surface area contributed by atoms with E-state index in [9.17, 15) is 24.2 Å². The van der Waals surface area contributed by atoms with Gasteiger partial charge in [0.15, 0.2) is 6.10 Å². The van der Waals surface area contributed by atoms with Crippen LogP contribution in [0.5, 0.6) is 0 Å². The van der Waals surface area contributed by atoms with Gasteiger partial charge in [-0.05, 0) is 83.5 Å². The molecule has 0 fully saturated rings. The predicted molar refractivity (Wildman–Crippen MR) is 230 cm³/mol. The quantitative estimate of drug-likeness (QED) is 0.0183. The number of phosphoric acid groups is 1. The molecule has 0 saturated heterocycles. The van der Waals surface area contributed by atoms with Crippen LogP contribution < -0.4 is 5.73 Å². The van der Waals surface area contributed by atoms with E-state index in [1.165, 1.54) is 0 Å². The summed E-state index contributed by atoms with van der Waals surface area (Å²) in [5, 5.41) is 10.00. The first-order valence-corrected chi connectivity index (χ1v) is 22.0. The molecule has 11 heteroatoms. The first kappa shape index (κ1) is 52.6. The van der Waals surface area contributed by atoms with Crippen molar-refractivity contribution in [3.63, 3.8) is 0 Å². The molecule has 316 valence electrons. The van der Waals surface area contributed by atoms with Crippen LogP contribution in [0.15, 0.2) is 109 Å². The molecule has 0 saturated carbocycles. The molecule has 0 spiro atoms. The average Bonchev–Trinajstić information content (AvgIpc) is 3.18. The number of hydrogen-bond donors (Lipinski definition) is 3. The summed E-state index contributed by atoms with van der Waals surface area (Å²) in [6, 6.07) is 0. The molecule has 0 aliphatic carbocycles. The molecular formula is C45H72NO9P. The van der Waals surface area contributed by atoms with Crippen LogP contribution in [0.4, 0.5) is 0 Å². The number of nitrogens with two attached hydrogens (primary N) is 1. The van der Waals surface area contributed by atoms with E-state index >= 15 is 0 Å². The Balaban J connectivity index is 4.42. The van der Waals surface area contributed by atoms with Crippen molar-refractivity contribution in [2.24, 2.45) is 5.73 Å². The Hall–Kier alpha value is -3.37. The second-order valence-electron chi connectivity index (χ2n) is 12.9. The zero-order valence-electron chi connectivity index (χ0n) is 34.2. The van der Waals surface area contributed by atoms with Gasteiger partial charge < -0.3 is 25.2 Å². The van der Waals surface area contributed by atoms with Gasteiger partial charge in [-0.25, -0.2) is 4.57 Å². The molecule has 0 aliphatic heterocycles. The van der Waals surface area contributed by atoms with Gasteiger partial charge in [-0.15, -0.1) is 0 Å². The van der Waals surface area contributed by atoms with Crippen LogP contribution in [-0.2, 0) is 32.7 Å². The fourth-order valence-corrected chi connectivity index (χ4v) is 5.51. The van der Waals surface area contributed by atoms with Crippen molar-refractivity contribution in [1.29, 1.82) is 0 Å². The largest absolute Gasteiger partial charge is 0.472 e. The zero-order valence-corrected chi connectivity index (χ0v) is 35.1. The Morgan fingerprint density at radius 1 is 0.625 bits per heavy atom. The molecule has 0 amide bonds. The van der Waals surface area contributed by atoms with E-state index in [4.69, 9.17) is 24.3 Å². The van der Waals surface area contributed by atoms with Gasteiger partial charge in [-0.2, -0.15) is 0 Å². The van der Waals surface area contributed by atoms with Crippen LogP contribution >= 0.6 is 7.82 Å². The van der Waals surface area contributed by atoms with Crippen LogP contribution in [0.25, 0.3) is 0 Å². The summed E-state index contributed by atoms with van der Waals surface area (Å²) in [4.78, 5) is 34.8. The third kappa shape index (κ3) is 38.9. The lowest BCUT2D eigenvalue weighted by atomic mass is 10.1. The molecule has 0 radical (unpaired) electrons. The highest BCUT2D eigenvalue weighted by molar-refractivity contribution is 7.47. The summed E-state index contributed by atoms with van der Waals surface area (Å²) in [6.45, 7) is 3.28. The first-order valence-electron chi connectivity index (χ1n) is 20.5. The van der Waals surface area contributed by atoms with Crippen molar-refractivity contribution in [2.45, 2.75) is 135 Å². The number of carbonyl (C=O) groups is 2. The summed E-state index contributed by atoms with van der Waals surface area (Å²) < 4.78 is 32.6. The fraction of sp³-hybridized carbons (Fsp3) is 0.556. The van der Waals surface area contributed by atoms with Crippen molar-refractivity contribution in [3.05, 3.63) is 109 Å². The number of esters is 2. The highest BCUT2D eigenvalue weighted by Gasteiger charge is 2.25. The zero-order chi connectivity index (χ0) is 41.2. The Labute approximate surface area is 338 Å². The van der Waals surface area contributed by atoms with Crippen molar-refractivity contribution in [3.8, 4) is 0 Å². The Morgan fingerprint density at radius 2 is 1.16 bits per heavy atom. The van der Waals surface area contributed by atoms with E-state index in [0.29, 0.717) is 25.7 Å². The van der Waals surface area contributed by atoms with Gasteiger partial charge in [0.25, 0.3) is 0 Å². The number of aliphatic hydroxyl groups excluding tert-OH is 1. The average molecular weight is 802 g/mol. The van der Waals surface area contributed by atoms with Crippen LogP contribution in [0, 0.1) is 0 Å². The predicted octanol–water partition coefficient (Wildman–Crippen LogP) is 10.6. The van der Waals surface area contributed by atoms with E-state index in [-0.39, 0.29) is 32.6 Å². The number of phosphoric ester groups is 1. The fourth-order valence-electron chi connectivity index (χ4n) is 4.74. The molecule has 0 bridgehead atoms. The topological polar surface area (TPSA) is 155 Å². The number of aliphatic hydroxyl groups is 1. The second-order valence-corrected chi connectivity index (χ2v) is 14.4. The molecule has 0 aromatic rings. The van der Waals surface area contributed by atoms with Crippen LogP contribution in [0.2, 0.25) is 0 Å². The normalized spacial score (nSPS) is 15.0. The Bertz CT molecular complexity index is 1300. The number of allylic oxidation sites excluding steroid dienone is 16. The third-order valence-electron chi connectivity index (χ3n) is 7.73. The lowest BCUT2D eigenvalue weighted by Gasteiger charge is -2.19. The minimum atomic E-state index is -4.42. The summed E-state index contributed by atoms with van der Waals surface area (Å²) in [7, 11) is -4.42. The van der Waals surface area contributed by atoms with Gasteiger partial charge in [0.05, 0.1) is 19.3 Å². The molecule has 0 aromatic carbocycles. The van der Waals surface area contributed by atoms with Crippen molar-refractivity contribution in [1.82, 2.24) is 0 Å². The van der Waals surface area contributed by atoms with Gasteiger partial charge in [0.1, 0.15) is 6.61 Å². The molecular weight excluding hydrogens is 729 g/mol. The number of unbranched alkanes of at least 4 members (excludes halogenated alkanes) is 5. The Morgan fingerprint density at radius 3 is 1.79 bits per heavy atom. The summed E-state index contributed by atoms with van der Waals surface area (Å²) in [5.74, 6) is -0.978. The van der Waals surface area contributed by atoms with Gasteiger partial charge in [0.2, 0.25) is 0 Å². The van der Waals surface area contributed by atoms with Crippen LogP contribution in [-0.4, -0.2) is 60.5 Å². The number of carbonyl (C=O) groups excluding carboxylic acids is 2.